The Labute approximate surface area is 74.9 Å². The Balaban J connectivity index is 3.21. The van der Waals surface area contributed by atoms with Crippen molar-refractivity contribution in [2.45, 2.75) is 0 Å². The van der Waals surface area contributed by atoms with Gasteiger partial charge in [0.05, 0.1) is 22.8 Å². The minimum atomic E-state index is 0.216. The first kappa shape index (κ1) is 8.50. The van der Waals surface area contributed by atoms with Crippen LogP contribution in [0.2, 0.25) is 10.0 Å². The van der Waals surface area contributed by atoms with E-state index in [1.54, 1.807) is 0 Å². The Hall–Kier alpha value is -0.600. The first-order chi connectivity index (χ1) is 5.15. The second-order valence-electron chi connectivity index (χ2n) is 1.97. The lowest BCUT2D eigenvalue weighted by Gasteiger charge is -2.03. The molecule has 0 aliphatic carbocycles. The molecule has 0 unspecified atom stereocenters. The lowest BCUT2D eigenvalue weighted by atomic mass is 10.3. The SMILES string of the molecule is COc1cc([NH])c(Cl)cc1Cl. The third-order valence-electron chi connectivity index (χ3n) is 1.24. The summed E-state index contributed by atoms with van der Waals surface area (Å²) < 4.78 is 4.87. The van der Waals surface area contributed by atoms with Crippen molar-refractivity contribution in [2.24, 2.45) is 0 Å². The molecule has 0 bridgehead atoms. The van der Waals surface area contributed by atoms with Crippen LogP contribution in [0, 0.1) is 0 Å². The van der Waals surface area contributed by atoms with Crippen LogP contribution in [0.1, 0.15) is 0 Å². The van der Waals surface area contributed by atoms with Crippen LogP contribution < -0.4 is 10.5 Å². The van der Waals surface area contributed by atoms with Crippen LogP contribution in [0.25, 0.3) is 0 Å². The van der Waals surface area contributed by atoms with Gasteiger partial charge < -0.3 is 4.74 Å². The maximum Gasteiger partial charge on any atom is 0.139 e. The van der Waals surface area contributed by atoms with Crippen molar-refractivity contribution in [3.05, 3.63) is 22.2 Å². The van der Waals surface area contributed by atoms with Crippen molar-refractivity contribution in [1.82, 2.24) is 5.73 Å². The highest BCUT2D eigenvalue weighted by molar-refractivity contribution is 6.36. The van der Waals surface area contributed by atoms with Gasteiger partial charge in [-0.25, -0.2) is 0 Å². The predicted molar refractivity (Wildman–Crippen MR) is 45.8 cm³/mol. The van der Waals surface area contributed by atoms with E-state index in [2.05, 4.69) is 0 Å². The van der Waals surface area contributed by atoms with E-state index < -0.39 is 0 Å². The van der Waals surface area contributed by atoms with Crippen LogP contribution in [0.15, 0.2) is 12.1 Å². The summed E-state index contributed by atoms with van der Waals surface area (Å²) >= 11 is 11.3. The summed E-state index contributed by atoms with van der Waals surface area (Å²) in [6, 6.07) is 2.97. The number of halogens is 2. The van der Waals surface area contributed by atoms with Crippen molar-refractivity contribution >= 4 is 28.9 Å². The molecular formula is C7H6Cl2NO. The standard InChI is InChI=1S/C7H6Cl2NO/c1-11-7-3-6(10)4(8)2-5(7)9/h2-3,10H,1H3. The first-order valence-corrected chi connectivity index (χ1v) is 3.65. The van der Waals surface area contributed by atoms with Crippen LogP contribution in [-0.4, -0.2) is 7.11 Å². The smallest absolute Gasteiger partial charge is 0.139 e. The van der Waals surface area contributed by atoms with Crippen molar-refractivity contribution in [3.8, 4) is 5.75 Å². The Morgan fingerprint density at radius 3 is 2.45 bits per heavy atom. The largest absolute Gasteiger partial charge is 0.495 e. The molecule has 1 aromatic carbocycles. The quantitative estimate of drug-likeness (QED) is 0.671. The highest BCUT2D eigenvalue weighted by Gasteiger charge is 2.04. The summed E-state index contributed by atoms with van der Waals surface area (Å²) in [4.78, 5) is 0. The van der Waals surface area contributed by atoms with Gasteiger partial charge in [-0.3, -0.25) is 5.73 Å². The molecule has 0 aliphatic heterocycles. The Bertz CT molecular complexity index is 275. The minimum Gasteiger partial charge on any atom is -0.495 e. The summed E-state index contributed by atoms with van der Waals surface area (Å²) in [6.45, 7) is 0. The van der Waals surface area contributed by atoms with Gasteiger partial charge in [0.2, 0.25) is 0 Å². The van der Waals surface area contributed by atoms with Gasteiger partial charge in [0.15, 0.2) is 0 Å². The van der Waals surface area contributed by atoms with Crippen molar-refractivity contribution in [1.29, 1.82) is 0 Å². The lowest BCUT2D eigenvalue weighted by Crippen LogP contribution is -1.84. The fourth-order valence-electron chi connectivity index (χ4n) is 0.686. The van der Waals surface area contributed by atoms with Gasteiger partial charge in [-0.1, -0.05) is 23.2 Å². The maximum absolute atomic E-state index is 7.29. The molecule has 0 atom stereocenters. The fourth-order valence-corrected chi connectivity index (χ4v) is 1.15. The molecule has 0 amide bonds. The first-order valence-electron chi connectivity index (χ1n) is 2.90. The van der Waals surface area contributed by atoms with E-state index in [0.717, 1.165) is 0 Å². The average molecular weight is 191 g/mol. The average Bonchev–Trinajstić information content (AvgIpc) is 1.97. The number of ether oxygens (including phenoxy) is 1. The summed E-state index contributed by atoms with van der Waals surface area (Å²) in [7, 11) is 1.49. The van der Waals surface area contributed by atoms with E-state index in [0.29, 0.717) is 15.8 Å². The molecule has 4 heteroatoms. The van der Waals surface area contributed by atoms with Crippen LogP contribution in [0.4, 0.5) is 5.69 Å². The molecule has 1 N–H and O–H groups in total. The summed E-state index contributed by atoms with van der Waals surface area (Å²) in [5, 5.41) is 0.754. The van der Waals surface area contributed by atoms with E-state index in [1.165, 1.54) is 19.2 Å². The minimum absolute atomic E-state index is 0.216. The predicted octanol–water partition coefficient (Wildman–Crippen LogP) is 2.92. The zero-order valence-electron chi connectivity index (χ0n) is 5.82. The number of methoxy groups -OCH3 is 1. The highest BCUT2D eigenvalue weighted by atomic mass is 35.5. The van der Waals surface area contributed by atoms with Crippen molar-refractivity contribution in [3.63, 3.8) is 0 Å². The number of benzene rings is 1. The number of hydrogen-bond donors (Lipinski definition) is 0. The molecule has 11 heavy (non-hydrogen) atoms. The molecule has 0 saturated heterocycles. The molecule has 2 nitrogen and oxygen atoms in total. The highest BCUT2D eigenvalue weighted by Crippen LogP contribution is 2.32. The van der Waals surface area contributed by atoms with E-state index >= 15 is 0 Å². The zero-order chi connectivity index (χ0) is 8.43. The Morgan fingerprint density at radius 1 is 1.27 bits per heavy atom. The van der Waals surface area contributed by atoms with Crippen LogP contribution in [0.3, 0.4) is 0 Å². The second-order valence-corrected chi connectivity index (χ2v) is 2.78. The molecule has 0 aliphatic rings. The molecule has 1 radical (unpaired) electrons. The second kappa shape index (κ2) is 3.20. The van der Waals surface area contributed by atoms with E-state index in [1.807, 2.05) is 0 Å². The topological polar surface area (TPSA) is 33.0 Å². The van der Waals surface area contributed by atoms with Crippen LogP contribution >= 0.6 is 23.2 Å². The number of nitrogens with one attached hydrogen (secondary N) is 1. The van der Waals surface area contributed by atoms with Gasteiger partial charge in [0.1, 0.15) is 5.75 Å². The summed E-state index contributed by atoms with van der Waals surface area (Å²) in [5.41, 5.74) is 7.51. The van der Waals surface area contributed by atoms with Gasteiger partial charge in [0.25, 0.3) is 0 Å². The van der Waals surface area contributed by atoms with Gasteiger partial charge >= 0.3 is 0 Å². The Morgan fingerprint density at radius 2 is 1.91 bits per heavy atom. The zero-order valence-corrected chi connectivity index (χ0v) is 7.33. The molecule has 1 rings (SSSR count). The molecule has 0 fully saturated rings. The van der Waals surface area contributed by atoms with Crippen molar-refractivity contribution < 1.29 is 4.74 Å². The van der Waals surface area contributed by atoms with E-state index in [9.17, 15) is 0 Å². The molecule has 59 valence electrons. The monoisotopic (exact) mass is 190 g/mol. The number of rotatable bonds is 1. The van der Waals surface area contributed by atoms with Gasteiger partial charge in [-0.2, -0.15) is 0 Å². The molecule has 0 aromatic heterocycles. The van der Waals surface area contributed by atoms with Gasteiger partial charge in [0, 0.05) is 6.07 Å². The van der Waals surface area contributed by atoms with E-state index in [4.69, 9.17) is 33.7 Å². The third-order valence-corrected chi connectivity index (χ3v) is 1.85. The lowest BCUT2D eigenvalue weighted by molar-refractivity contribution is 0.415. The van der Waals surface area contributed by atoms with Gasteiger partial charge in [-0.05, 0) is 6.07 Å². The van der Waals surface area contributed by atoms with E-state index in [-0.39, 0.29) is 5.69 Å². The van der Waals surface area contributed by atoms with Crippen molar-refractivity contribution in [2.75, 3.05) is 7.11 Å². The Kier molecular flexibility index (Phi) is 2.47. The fraction of sp³-hybridized carbons (Fsp3) is 0.143. The summed E-state index contributed by atoms with van der Waals surface area (Å²) in [5.74, 6) is 0.473. The van der Waals surface area contributed by atoms with Crippen LogP contribution in [-0.2, 0) is 0 Å². The van der Waals surface area contributed by atoms with Gasteiger partial charge in [-0.15, -0.1) is 0 Å². The molecule has 0 saturated carbocycles. The maximum atomic E-state index is 7.29. The third kappa shape index (κ3) is 1.70. The van der Waals surface area contributed by atoms with Crippen LogP contribution in [0.5, 0.6) is 5.75 Å². The normalized spacial score (nSPS) is 9.73. The summed E-state index contributed by atoms with van der Waals surface area (Å²) in [6.07, 6.45) is 0. The molecule has 0 heterocycles. The number of hydrogen-bond acceptors (Lipinski definition) is 1. The molecule has 0 spiro atoms. The molecular weight excluding hydrogens is 185 g/mol. The molecule has 1 aromatic rings.